The monoisotopic (exact) mass is 332 g/mol. The van der Waals surface area contributed by atoms with Crippen LogP contribution in [0.5, 0.6) is 0 Å². The maximum Gasteiger partial charge on any atom is 0.253 e. The molecule has 0 saturated carbocycles. The molecule has 0 radical (unpaired) electrons. The second kappa shape index (κ2) is 7.82. The van der Waals surface area contributed by atoms with Crippen molar-refractivity contribution in [3.05, 3.63) is 52.3 Å². The van der Waals surface area contributed by atoms with E-state index < -0.39 is 0 Å². The van der Waals surface area contributed by atoms with Crippen LogP contribution >= 0.6 is 11.8 Å². The van der Waals surface area contributed by atoms with Gasteiger partial charge in [-0.2, -0.15) is 0 Å². The van der Waals surface area contributed by atoms with E-state index in [1.54, 1.807) is 0 Å². The lowest BCUT2D eigenvalue weighted by atomic mass is 10.1. The van der Waals surface area contributed by atoms with E-state index in [1.807, 2.05) is 44.2 Å². The van der Waals surface area contributed by atoms with Gasteiger partial charge in [-0.25, -0.2) is 4.98 Å². The van der Waals surface area contributed by atoms with Gasteiger partial charge in [0, 0.05) is 6.07 Å². The van der Waals surface area contributed by atoms with Crippen LogP contribution in [0.1, 0.15) is 31.9 Å². The summed E-state index contributed by atoms with van der Waals surface area (Å²) in [5.41, 5.74) is 6.28. The van der Waals surface area contributed by atoms with Crippen LogP contribution in [0.3, 0.4) is 0 Å². The highest BCUT2D eigenvalue weighted by molar-refractivity contribution is 8.00. The molecule has 0 bridgehead atoms. The molecule has 4 N–H and O–H groups in total. The summed E-state index contributed by atoms with van der Waals surface area (Å²) in [6.07, 6.45) is 0.608. The number of amides is 1. The van der Waals surface area contributed by atoms with Crippen LogP contribution in [0.2, 0.25) is 0 Å². The Kier molecular flexibility index (Phi) is 5.81. The maximum absolute atomic E-state index is 12.4. The number of nitrogen functional groups attached to an aromatic ring is 1. The van der Waals surface area contributed by atoms with Crippen LogP contribution in [-0.2, 0) is 4.79 Å². The molecule has 0 spiro atoms. The second-order valence-electron chi connectivity index (χ2n) is 5.13. The summed E-state index contributed by atoms with van der Waals surface area (Å²) in [4.78, 5) is 30.5. The van der Waals surface area contributed by atoms with E-state index in [9.17, 15) is 9.59 Å². The van der Waals surface area contributed by atoms with Gasteiger partial charge in [0.2, 0.25) is 5.91 Å². The first kappa shape index (κ1) is 17.1. The molecule has 1 aromatic carbocycles. The molecule has 1 aromatic heterocycles. The van der Waals surface area contributed by atoms with E-state index in [0.717, 1.165) is 5.56 Å². The van der Waals surface area contributed by atoms with E-state index in [2.05, 4.69) is 15.3 Å². The predicted molar refractivity (Wildman–Crippen MR) is 92.2 cm³/mol. The van der Waals surface area contributed by atoms with Crippen molar-refractivity contribution in [3.8, 4) is 0 Å². The van der Waals surface area contributed by atoms with Gasteiger partial charge in [-0.05, 0) is 18.9 Å². The van der Waals surface area contributed by atoms with E-state index in [-0.39, 0.29) is 28.6 Å². The molecule has 1 amide bonds. The summed E-state index contributed by atoms with van der Waals surface area (Å²) in [5, 5.41) is 2.98. The molecule has 2 aromatic rings. The molecule has 7 heteroatoms. The van der Waals surface area contributed by atoms with E-state index in [1.165, 1.54) is 17.8 Å². The summed E-state index contributed by atoms with van der Waals surface area (Å²) < 4.78 is 0. The van der Waals surface area contributed by atoms with Crippen molar-refractivity contribution < 1.29 is 4.79 Å². The third kappa shape index (κ3) is 4.85. The zero-order chi connectivity index (χ0) is 16.8. The largest absolute Gasteiger partial charge is 0.383 e. The Bertz CT molecular complexity index is 718. The standard InChI is InChI=1S/C16H20N4O2S/c1-3-12(23-16-19-13(17)9-14(21)20-16)15(22)18-10(2)11-7-5-4-6-8-11/h4-10,12H,3H2,1-2H3,(H,18,22)(H3,17,19,20,21). The van der Waals surface area contributed by atoms with Gasteiger partial charge < -0.3 is 16.0 Å². The fraction of sp³-hybridized carbons (Fsp3) is 0.312. The minimum Gasteiger partial charge on any atom is -0.383 e. The summed E-state index contributed by atoms with van der Waals surface area (Å²) >= 11 is 1.20. The fourth-order valence-electron chi connectivity index (χ4n) is 2.10. The Hall–Kier alpha value is -2.28. The second-order valence-corrected chi connectivity index (χ2v) is 6.32. The smallest absolute Gasteiger partial charge is 0.253 e. The molecule has 0 aliphatic rings. The first-order valence-corrected chi connectivity index (χ1v) is 8.26. The predicted octanol–water partition coefficient (Wildman–Crippen LogP) is 2.10. The van der Waals surface area contributed by atoms with Gasteiger partial charge in [0.05, 0.1) is 11.3 Å². The molecule has 6 nitrogen and oxygen atoms in total. The lowest BCUT2D eigenvalue weighted by molar-refractivity contribution is -0.121. The maximum atomic E-state index is 12.4. The highest BCUT2D eigenvalue weighted by atomic mass is 32.2. The number of anilines is 1. The average molecular weight is 332 g/mol. The zero-order valence-corrected chi connectivity index (χ0v) is 13.9. The molecule has 0 fully saturated rings. The van der Waals surface area contributed by atoms with Crippen molar-refractivity contribution in [2.75, 3.05) is 5.73 Å². The number of nitrogens with two attached hydrogens (primary N) is 1. The third-order valence-electron chi connectivity index (χ3n) is 3.32. The SMILES string of the molecule is CCC(Sc1nc(N)cc(=O)[nH]1)C(=O)NC(C)c1ccccc1. The minimum absolute atomic E-state index is 0.0915. The Labute approximate surface area is 138 Å². The van der Waals surface area contributed by atoms with Gasteiger partial charge in [0.15, 0.2) is 5.16 Å². The third-order valence-corrected chi connectivity index (χ3v) is 4.56. The molecule has 0 saturated heterocycles. The molecule has 2 atom stereocenters. The molecule has 0 aliphatic carbocycles. The zero-order valence-electron chi connectivity index (χ0n) is 13.1. The number of thioether (sulfide) groups is 1. The van der Waals surface area contributed by atoms with Crippen molar-refractivity contribution in [3.63, 3.8) is 0 Å². The first-order chi connectivity index (χ1) is 11.0. The summed E-state index contributed by atoms with van der Waals surface area (Å²) in [6.45, 7) is 3.85. The number of H-pyrrole nitrogens is 1. The van der Waals surface area contributed by atoms with Crippen LogP contribution in [0.15, 0.2) is 46.3 Å². The van der Waals surface area contributed by atoms with Gasteiger partial charge in [-0.1, -0.05) is 49.0 Å². The molecular formula is C16H20N4O2S. The van der Waals surface area contributed by atoms with Gasteiger partial charge >= 0.3 is 0 Å². The Morgan fingerprint density at radius 1 is 1.39 bits per heavy atom. The Morgan fingerprint density at radius 3 is 2.70 bits per heavy atom. The van der Waals surface area contributed by atoms with Crippen LogP contribution < -0.4 is 16.6 Å². The van der Waals surface area contributed by atoms with Gasteiger partial charge in [-0.15, -0.1) is 0 Å². The summed E-state index contributed by atoms with van der Waals surface area (Å²) in [6, 6.07) is 10.9. The van der Waals surface area contributed by atoms with Crippen LogP contribution in [0.25, 0.3) is 0 Å². The Morgan fingerprint density at radius 2 is 2.09 bits per heavy atom. The molecule has 23 heavy (non-hydrogen) atoms. The Balaban J connectivity index is 2.05. The summed E-state index contributed by atoms with van der Waals surface area (Å²) in [7, 11) is 0. The minimum atomic E-state index is -0.355. The van der Waals surface area contributed by atoms with Crippen molar-refractivity contribution in [1.82, 2.24) is 15.3 Å². The van der Waals surface area contributed by atoms with Gasteiger partial charge in [-0.3, -0.25) is 9.59 Å². The fourth-order valence-corrected chi connectivity index (χ4v) is 3.03. The molecule has 1 heterocycles. The lowest BCUT2D eigenvalue weighted by Gasteiger charge is -2.19. The first-order valence-electron chi connectivity index (χ1n) is 7.38. The number of benzene rings is 1. The average Bonchev–Trinajstić information content (AvgIpc) is 2.52. The molecule has 2 rings (SSSR count). The normalized spacial score (nSPS) is 13.3. The lowest BCUT2D eigenvalue weighted by Crippen LogP contribution is -2.34. The number of hydrogen-bond donors (Lipinski definition) is 3. The van der Waals surface area contributed by atoms with Gasteiger partial charge in [0.25, 0.3) is 5.56 Å². The van der Waals surface area contributed by atoms with E-state index in [4.69, 9.17) is 5.73 Å². The van der Waals surface area contributed by atoms with E-state index >= 15 is 0 Å². The molecule has 0 aliphatic heterocycles. The van der Waals surface area contributed by atoms with Crippen molar-refractivity contribution in [1.29, 1.82) is 0 Å². The van der Waals surface area contributed by atoms with Crippen LogP contribution in [-0.4, -0.2) is 21.1 Å². The van der Waals surface area contributed by atoms with E-state index in [0.29, 0.717) is 11.6 Å². The van der Waals surface area contributed by atoms with Crippen molar-refractivity contribution >= 4 is 23.5 Å². The van der Waals surface area contributed by atoms with Crippen LogP contribution in [0, 0.1) is 0 Å². The topological polar surface area (TPSA) is 101 Å². The number of rotatable bonds is 6. The molecule has 122 valence electrons. The van der Waals surface area contributed by atoms with Crippen molar-refractivity contribution in [2.45, 2.75) is 36.7 Å². The quantitative estimate of drug-likeness (QED) is 0.555. The number of carbonyl (C=O) groups is 1. The number of hydrogen-bond acceptors (Lipinski definition) is 5. The summed E-state index contributed by atoms with van der Waals surface area (Å²) in [5.74, 6) is 0.0445. The molecular weight excluding hydrogens is 312 g/mol. The number of aromatic nitrogens is 2. The number of aromatic amines is 1. The highest BCUT2D eigenvalue weighted by Gasteiger charge is 2.21. The molecule has 2 unspecified atom stereocenters. The van der Waals surface area contributed by atoms with Gasteiger partial charge in [0.1, 0.15) is 5.82 Å². The number of carbonyl (C=O) groups excluding carboxylic acids is 1. The van der Waals surface area contributed by atoms with Crippen molar-refractivity contribution in [2.24, 2.45) is 0 Å². The highest BCUT2D eigenvalue weighted by Crippen LogP contribution is 2.23. The number of nitrogens with one attached hydrogen (secondary N) is 2. The van der Waals surface area contributed by atoms with Crippen LogP contribution in [0.4, 0.5) is 5.82 Å². The number of nitrogens with zero attached hydrogens (tertiary/aromatic N) is 1.